The van der Waals surface area contributed by atoms with Crippen LogP contribution in [0, 0.1) is 11.6 Å². The number of likely N-dealkylation sites (tertiary alicyclic amines) is 1. The molecule has 9 heteroatoms. The van der Waals surface area contributed by atoms with Crippen LogP contribution in [0.4, 0.5) is 20.2 Å². The number of nitrogens with zero attached hydrogens (tertiary/aromatic N) is 3. The lowest BCUT2D eigenvalue weighted by Gasteiger charge is -2.30. The Morgan fingerprint density at radius 2 is 2.06 bits per heavy atom. The van der Waals surface area contributed by atoms with Gasteiger partial charge in [0, 0.05) is 23.7 Å². The van der Waals surface area contributed by atoms with Crippen LogP contribution in [-0.2, 0) is 0 Å². The van der Waals surface area contributed by atoms with Crippen molar-refractivity contribution in [3.63, 3.8) is 0 Å². The predicted octanol–water partition coefficient (Wildman–Crippen LogP) is 5.78. The number of pyridine rings is 1. The van der Waals surface area contributed by atoms with Crippen LogP contribution in [0.3, 0.4) is 0 Å². The Kier molecular flexibility index (Phi) is 6.47. The quantitative estimate of drug-likeness (QED) is 0.403. The summed E-state index contributed by atoms with van der Waals surface area (Å²) in [5.74, 6) is -1.31. The van der Waals surface area contributed by atoms with Gasteiger partial charge in [0.15, 0.2) is 11.6 Å². The van der Waals surface area contributed by atoms with Gasteiger partial charge in [-0.2, -0.15) is 0 Å². The van der Waals surface area contributed by atoms with Crippen molar-refractivity contribution in [2.75, 3.05) is 25.0 Å². The maximum Gasteiger partial charge on any atom is 0.176 e. The molecular formula is C22H24F2N4OS2. The average molecular weight is 463 g/mol. The van der Waals surface area contributed by atoms with E-state index in [1.807, 2.05) is 11.4 Å². The van der Waals surface area contributed by atoms with Crippen molar-refractivity contribution < 1.29 is 13.9 Å². The monoisotopic (exact) mass is 462 g/mol. The highest BCUT2D eigenvalue weighted by atomic mass is 32.1. The maximum atomic E-state index is 14.4. The van der Waals surface area contributed by atoms with Crippen molar-refractivity contribution in [3.05, 3.63) is 46.9 Å². The third-order valence-electron chi connectivity index (χ3n) is 5.59. The predicted molar refractivity (Wildman–Crippen MR) is 124 cm³/mol. The number of fused-ring (bicyclic) bond motifs is 2. The Balaban J connectivity index is 0.000000196. The number of thiazole rings is 1. The maximum absolute atomic E-state index is 14.4. The summed E-state index contributed by atoms with van der Waals surface area (Å²) in [5.41, 5.74) is 2.45. The van der Waals surface area contributed by atoms with E-state index in [0.717, 1.165) is 23.3 Å². The third-order valence-corrected chi connectivity index (χ3v) is 7.19. The molecule has 1 fully saturated rings. The minimum absolute atomic E-state index is 0.180. The van der Waals surface area contributed by atoms with E-state index in [4.69, 9.17) is 5.11 Å². The fourth-order valence-corrected chi connectivity index (χ4v) is 5.32. The molecule has 5 rings (SSSR count). The largest absolute Gasteiger partial charge is 0.395 e. The van der Waals surface area contributed by atoms with E-state index in [0.29, 0.717) is 22.5 Å². The minimum Gasteiger partial charge on any atom is -0.395 e. The number of hydrogen-bond donors (Lipinski definition) is 2. The molecule has 0 atom stereocenters. The molecule has 5 nitrogen and oxygen atoms in total. The van der Waals surface area contributed by atoms with E-state index in [9.17, 15) is 8.78 Å². The van der Waals surface area contributed by atoms with Gasteiger partial charge in [0.2, 0.25) is 0 Å². The van der Waals surface area contributed by atoms with Crippen LogP contribution in [-0.4, -0.2) is 45.2 Å². The average Bonchev–Trinajstić information content (AvgIpc) is 3.46. The van der Waals surface area contributed by atoms with E-state index in [1.54, 1.807) is 12.3 Å². The zero-order chi connectivity index (χ0) is 22.0. The second kappa shape index (κ2) is 9.12. The summed E-state index contributed by atoms with van der Waals surface area (Å²) < 4.78 is 29.0. The van der Waals surface area contributed by atoms with Gasteiger partial charge in [-0.1, -0.05) is 0 Å². The normalized spacial score (nSPS) is 15.9. The fraction of sp³-hybridized carbons (Fsp3) is 0.364. The molecule has 1 saturated heterocycles. The van der Waals surface area contributed by atoms with Crippen molar-refractivity contribution >= 4 is 54.5 Å². The molecule has 0 unspecified atom stereocenters. The molecule has 4 aromatic rings. The highest BCUT2D eigenvalue weighted by Gasteiger charge is 2.30. The lowest BCUT2D eigenvalue weighted by atomic mass is 10.0. The van der Waals surface area contributed by atoms with Crippen LogP contribution in [0.1, 0.15) is 26.7 Å². The second-order valence-corrected chi connectivity index (χ2v) is 9.78. The van der Waals surface area contributed by atoms with Gasteiger partial charge in [-0.25, -0.2) is 18.7 Å². The standard InChI is InChI=1S/C14H7F2N3S2.C8H17NO/c15-8-5-10-13(18-6-21-10)11(16)12(8)19-9-1-3-17-14-7(9)2-4-20-14;1-8(2)4-3-5-9(8)6-7-10/h1-6H,(H,17,19);10H,3-7H2,1-2H3. The van der Waals surface area contributed by atoms with Gasteiger partial charge < -0.3 is 10.4 Å². The van der Waals surface area contributed by atoms with E-state index in [2.05, 4.69) is 34.0 Å². The minimum atomic E-state index is -0.675. The van der Waals surface area contributed by atoms with Crippen molar-refractivity contribution in [2.45, 2.75) is 32.2 Å². The van der Waals surface area contributed by atoms with E-state index in [1.165, 1.54) is 47.1 Å². The molecule has 3 aromatic heterocycles. The molecule has 0 saturated carbocycles. The van der Waals surface area contributed by atoms with Gasteiger partial charge >= 0.3 is 0 Å². The Morgan fingerprint density at radius 1 is 1.23 bits per heavy atom. The number of rotatable bonds is 4. The Hall–Kier alpha value is -2.20. The number of aliphatic hydroxyl groups is 1. The molecule has 2 N–H and O–H groups in total. The summed E-state index contributed by atoms with van der Waals surface area (Å²) in [6.45, 7) is 6.79. The van der Waals surface area contributed by atoms with Crippen molar-refractivity contribution in [1.29, 1.82) is 0 Å². The number of aliphatic hydroxyl groups excluding tert-OH is 1. The number of halogens is 2. The number of β-amino-alcohol motifs (C(OH)–C–C–N with tert-alkyl or cyclic N) is 1. The molecule has 0 spiro atoms. The lowest BCUT2D eigenvalue weighted by molar-refractivity contribution is 0.136. The zero-order valence-electron chi connectivity index (χ0n) is 17.4. The van der Waals surface area contributed by atoms with Crippen molar-refractivity contribution in [3.8, 4) is 0 Å². The number of nitrogens with one attached hydrogen (secondary N) is 1. The van der Waals surface area contributed by atoms with E-state index in [-0.39, 0.29) is 11.2 Å². The van der Waals surface area contributed by atoms with Crippen molar-refractivity contribution in [1.82, 2.24) is 14.9 Å². The molecular weight excluding hydrogens is 438 g/mol. The number of hydrogen-bond acceptors (Lipinski definition) is 7. The fourth-order valence-electron chi connectivity index (χ4n) is 3.87. The van der Waals surface area contributed by atoms with Crippen LogP contribution in [0.25, 0.3) is 20.4 Å². The Bertz CT molecular complexity index is 1190. The summed E-state index contributed by atoms with van der Waals surface area (Å²) in [6, 6.07) is 4.86. The molecule has 1 aliphatic rings. The molecule has 0 aliphatic carbocycles. The van der Waals surface area contributed by atoms with Gasteiger partial charge in [0.25, 0.3) is 0 Å². The SMILES string of the molecule is CC1(C)CCCN1CCO.Fc1cc2scnc2c(F)c1Nc1ccnc2sccc12. The molecule has 0 amide bonds. The third kappa shape index (κ3) is 4.55. The topological polar surface area (TPSA) is 61.3 Å². The first kappa shape index (κ1) is 22.0. The number of thiophene rings is 1. The second-order valence-electron chi connectivity index (χ2n) is 8.00. The van der Waals surface area contributed by atoms with E-state index < -0.39 is 11.6 Å². The molecule has 0 radical (unpaired) electrons. The van der Waals surface area contributed by atoms with Crippen LogP contribution >= 0.6 is 22.7 Å². The summed E-state index contributed by atoms with van der Waals surface area (Å²) in [5, 5.41) is 14.3. The van der Waals surface area contributed by atoms with Gasteiger partial charge in [0.1, 0.15) is 16.0 Å². The number of benzene rings is 1. The van der Waals surface area contributed by atoms with Crippen molar-refractivity contribution in [2.24, 2.45) is 0 Å². The summed E-state index contributed by atoms with van der Waals surface area (Å²) in [6.07, 6.45) is 4.17. The molecule has 31 heavy (non-hydrogen) atoms. The van der Waals surface area contributed by atoms with Gasteiger partial charge in [-0.15, -0.1) is 22.7 Å². The first-order valence-corrected chi connectivity index (χ1v) is 11.8. The molecule has 164 valence electrons. The van der Waals surface area contributed by atoms with Gasteiger partial charge in [-0.3, -0.25) is 4.90 Å². The summed E-state index contributed by atoms with van der Waals surface area (Å²) in [7, 11) is 0. The van der Waals surface area contributed by atoms with Crippen LogP contribution in [0.15, 0.2) is 35.3 Å². The summed E-state index contributed by atoms with van der Waals surface area (Å²) >= 11 is 2.68. The van der Waals surface area contributed by atoms with E-state index >= 15 is 0 Å². The van der Waals surface area contributed by atoms with Crippen LogP contribution in [0.5, 0.6) is 0 Å². The van der Waals surface area contributed by atoms with Gasteiger partial charge in [0.05, 0.1) is 22.5 Å². The number of aromatic nitrogens is 2. The lowest BCUT2D eigenvalue weighted by Crippen LogP contribution is -2.39. The Morgan fingerprint density at radius 3 is 2.81 bits per heavy atom. The highest BCUT2D eigenvalue weighted by molar-refractivity contribution is 7.17. The molecule has 0 bridgehead atoms. The smallest absolute Gasteiger partial charge is 0.176 e. The zero-order valence-corrected chi connectivity index (χ0v) is 19.0. The highest BCUT2D eigenvalue weighted by Crippen LogP contribution is 2.34. The number of anilines is 2. The first-order chi connectivity index (χ1) is 14.9. The molecule has 1 aromatic carbocycles. The first-order valence-electron chi connectivity index (χ1n) is 10.1. The molecule has 4 heterocycles. The summed E-state index contributed by atoms with van der Waals surface area (Å²) in [4.78, 5) is 11.3. The van der Waals surface area contributed by atoms with Gasteiger partial charge in [-0.05, 0) is 56.8 Å². The Labute approximate surface area is 187 Å². The van der Waals surface area contributed by atoms with Crippen LogP contribution < -0.4 is 5.32 Å². The van der Waals surface area contributed by atoms with Crippen LogP contribution in [0.2, 0.25) is 0 Å². The molecule has 1 aliphatic heterocycles.